The summed E-state index contributed by atoms with van der Waals surface area (Å²) < 4.78 is 13.0. The Hall–Kier alpha value is -1.09. The minimum Gasteiger partial charge on any atom is -0.370 e. The third-order valence-electron chi connectivity index (χ3n) is 2.66. The molecule has 1 aromatic rings. The summed E-state index contributed by atoms with van der Waals surface area (Å²) in [5.74, 6) is -0.202. The SMILES string of the molecule is CCCC(CN)N(C)c1cccc(F)c1. The summed E-state index contributed by atoms with van der Waals surface area (Å²) in [6.07, 6.45) is 2.12. The lowest BCUT2D eigenvalue weighted by Gasteiger charge is -2.28. The predicted molar refractivity (Wildman–Crippen MR) is 62.6 cm³/mol. The zero-order chi connectivity index (χ0) is 11.3. The van der Waals surface area contributed by atoms with Gasteiger partial charge in [-0.05, 0) is 24.6 Å². The van der Waals surface area contributed by atoms with Gasteiger partial charge in [-0.2, -0.15) is 0 Å². The number of likely N-dealkylation sites (N-methyl/N-ethyl adjacent to an activating group) is 1. The Bertz CT molecular complexity index is 301. The summed E-state index contributed by atoms with van der Waals surface area (Å²) in [6.45, 7) is 2.73. The maximum atomic E-state index is 13.0. The Morgan fingerprint density at radius 3 is 2.73 bits per heavy atom. The van der Waals surface area contributed by atoms with Gasteiger partial charge in [-0.25, -0.2) is 4.39 Å². The van der Waals surface area contributed by atoms with E-state index in [1.807, 2.05) is 18.0 Å². The molecule has 0 amide bonds. The lowest BCUT2D eigenvalue weighted by molar-refractivity contribution is 0.576. The Morgan fingerprint density at radius 1 is 1.47 bits per heavy atom. The number of benzene rings is 1. The molecule has 0 aliphatic carbocycles. The zero-order valence-electron chi connectivity index (χ0n) is 9.41. The quantitative estimate of drug-likeness (QED) is 0.808. The smallest absolute Gasteiger partial charge is 0.125 e. The molecule has 2 nitrogen and oxygen atoms in total. The van der Waals surface area contributed by atoms with Crippen molar-refractivity contribution in [1.82, 2.24) is 0 Å². The van der Waals surface area contributed by atoms with E-state index >= 15 is 0 Å². The number of rotatable bonds is 5. The van der Waals surface area contributed by atoms with Gasteiger partial charge in [-0.1, -0.05) is 19.4 Å². The molecule has 0 saturated heterocycles. The van der Waals surface area contributed by atoms with E-state index in [0.717, 1.165) is 18.5 Å². The van der Waals surface area contributed by atoms with Crippen LogP contribution < -0.4 is 10.6 Å². The van der Waals surface area contributed by atoms with Crippen molar-refractivity contribution in [2.45, 2.75) is 25.8 Å². The fourth-order valence-electron chi connectivity index (χ4n) is 1.71. The fraction of sp³-hybridized carbons (Fsp3) is 0.500. The molecule has 0 heterocycles. The second-order valence-corrected chi connectivity index (χ2v) is 3.77. The Labute approximate surface area is 90.9 Å². The molecule has 1 atom stereocenters. The molecule has 0 spiro atoms. The summed E-state index contributed by atoms with van der Waals surface area (Å²) in [4.78, 5) is 2.05. The van der Waals surface area contributed by atoms with Gasteiger partial charge in [0, 0.05) is 25.3 Å². The molecule has 15 heavy (non-hydrogen) atoms. The van der Waals surface area contributed by atoms with E-state index in [1.165, 1.54) is 6.07 Å². The Kier molecular flexibility index (Phi) is 4.56. The maximum Gasteiger partial charge on any atom is 0.125 e. The van der Waals surface area contributed by atoms with E-state index in [9.17, 15) is 4.39 Å². The van der Waals surface area contributed by atoms with Crippen LogP contribution in [-0.4, -0.2) is 19.6 Å². The first-order chi connectivity index (χ1) is 7.19. The van der Waals surface area contributed by atoms with E-state index in [4.69, 9.17) is 5.73 Å². The van der Waals surface area contributed by atoms with Crippen molar-refractivity contribution in [3.05, 3.63) is 30.1 Å². The van der Waals surface area contributed by atoms with Crippen LogP contribution in [0.3, 0.4) is 0 Å². The van der Waals surface area contributed by atoms with E-state index in [1.54, 1.807) is 12.1 Å². The van der Waals surface area contributed by atoms with Gasteiger partial charge in [0.15, 0.2) is 0 Å². The van der Waals surface area contributed by atoms with Crippen LogP contribution in [-0.2, 0) is 0 Å². The molecule has 0 aromatic heterocycles. The number of hydrogen-bond donors (Lipinski definition) is 1. The molecule has 2 N–H and O–H groups in total. The number of nitrogens with two attached hydrogens (primary N) is 1. The molecule has 0 fully saturated rings. The molecular weight excluding hydrogens is 191 g/mol. The standard InChI is InChI=1S/C12H19FN2/c1-3-5-12(9-14)15(2)11-7-4-6-10(13)8-11/h4,6-8,12H,3,5,9,14H2,1-2H3. The van der Waals surface area contributed by atoms with Gasteiger partial charge in [0.05, 0.1) is 0 Å². The highest BCUT2D eigenvalue weighted by Gasteiger charge is 2.12. The van der Waals surface area contributed by atoms with E-state index in [2.05, 4.69) is 6.92 Å². The van der Waals surface area contributed by atoms with Crippen LogP contribution in [0.25, 0.3) is 0 Å². The summed E-state index contributed by atoms with van der Waals surface area (Å²) in [5.41, 5.74) is 6.59. The molecule has 1 rings (SSSR count). The van der Waals surface area contributed by atoms with Crippen LogP contribution in [0, 0.1) is 5.82 Å². The van der Waals surface area contributed by atoms with Gasteiger partial charge in [0.1, 0.15) is 5.82 Å². The Balaban J connectivity index is 2.77. The molecule has 1 aromatic carbocycles. The number of hydrogen-bond acceptors (Lipinski definition) is 2. The van der Waals surface area contributed by atoms with Crippen LogP contribution in [0.15, 0.2) is 24.3 Å². The summed E-state index contributed by atoms with van der Waals surface area (Å²) in [5, 5.41) is 0. The minimum atomic E-state index is -0.202. The van der Waals surface area contributed by atoms with Gasteiger partial charge >= 0.3 is 0 Å². The molecule has 0 radical (unpaired) electrons. The van der Waals surface area contributed by atoms with Crippen molar-refractivity contribution < 1.29 is 4.39 Å². The normalized spacial score (nSPS) is 12.5. The number of anilines is 1. The van der Waals surface area contributed by atoms with E-state index in [0.29, 0.717) is 6.54 Å². The van der Waals surface area contributed by atoms with Crippen LogP contribution in [0.5, 0.6) is 0 Å². The first-order valence-corrected chi connectivity index (χ1v) is 5.37. The van der Waals surface area contributed by atoms with Crippen molar-refractivity contribution in [3.63, 3.8) is 0 Å². The molecule has 0 aliphatic rings. The molecule has 1 unspecified atom stereocenters. The highest BCUT2D eigenvalue weighted by atomic mass is 19.1. The Morgan fingerprint density at radius 2 is 2.20 bits per heavy atom. The van der Waals surface area contributed by atoms with Crippen molar-refractivity contribution >= 4 is 5.69 Å². The average Bonchev–Trinajstić information content (AvgIpc) is 2.25. The van der Waals surface area contributed by atoms with Crippen LogP contribution in [0.1, 0.15) is 19.8 Å². The average molecular weight is 210 g/mol. The summed E-state index contributed by atoms with van der Waals surface area (Å²) in [7, 11) is 1.96. The minimum absolute atomic E-state index is 0.202. The predicted octanol–water partition coefficient (Wildman–Crippen LogP) is 2.39. The second-order valence-electron chi connectivity index (χ2n) is 3.77. The van der Waals surface area contributed by atoms with Gasteiger partial charge in [0.25, 0.3) is 0 Å². The molecule has 0 saturated carbocycles. The van der Waals surface area contributed by atoms with Gasteiger partial charge in [-0.3, -0.25) is 0 Å². The summed E-state index contributed by atoms with van der Waals surface area (Å²) in [6, 6.07) is 6.91. The van der Waals surface area contributed by atoms with Crippen LogP contribution in [0.2, 0.25) is 0 Å². The molecule has 0 aliphatic heterocycles. The molecule has 0 bridgehead atoms. The van der Waals surface area contributed by atoms with E-state index < -0.39 is 0 Å². The highest BCUT2D eigenvalue weighted by molar-refractivity contribution is 5.46. The van der Waals surface area contributed by atoms with Crippen molar-refractivity contribution in [1.29, 1.82) is 0 Å². The number of nitrogens with zero attached hydrogens (tertiary/aromatic N) is 1. The van der Waals surface area contributed by atoms with Crippen molar-refractivity contribution in [2.24, 2.45) is 5.73 Å². The van der Waals surface area contributed by atoms with Gasteiger partial charge in [-0.15, -0.1) is 0 Å². The van der Waals surface area contributed by atoms with Crippen molar-refractivity contribution in [3.8, 4) is 0 Å². The lowest BCUT2D eigenvalue weighted by Crippen LogP contribution is -2.37. The monoisotopic (exact) mass is 210 g/mol. The van der Waals surface area contributed by atoms with Crippen molar-refractivity contribution in [2.75, 3.05) is 18.5 Å². The largest absolute Gasteiger partial charge is 0.370 e. The zero-order valence-corrected chi connectivity index (χ0v) is 9.41. The molecule has 84 valence electrons. The van der Waals surface area contributed by atoms with E-state index in [-0.39, 0.29) is 11.9 Å². The lowest BCUT2D eigenvalue weighted by atomic mass is 10.1. The third-order valence-corrected chi connectivity index (χ3v) is 2.66. The van der Waals surface area contributed by atoms with Gasteiger partial charge < -0.3 is 10.6 Å². The first-order valence-electron chi connectivity index (χ1n) is 5.37. The number of halogens is 1. The second kappa shape index (κ2) is 5.71. The summed E-state index contributed by atoms with van der Waals surface area (Å²) >= 11 is 0. The topological polar surface area (TPSA) is 29.3 Å². The molecular formula is C12H19FN2. The molecule has 3 heteroatoms. The fourth-order valence-corrected chi connectivity index (χ4v) is 1.71. The third kappa shape index (κ3) is 3.20. The van der Waals surface area contributed by atoms with Crippen LogP contribution in [0.4, 0.5) is 10.1 Å². The van der Waals surface area contributed by atoms with Crippen LogP contribution >= 0.6 is 0 Å². The van der Waals surface area contributed by atoms with Gasteiger partial charge in [0.2, 0.25) is 0 Å². The highest BCUT2D eigenvalue weighted by Crippen LogP contribution is 2.17. The maximum absolute atomic E-state index is 13.0. The first kappa shape index (κ1) is 12.0.